The fraction of sp³-hybridized carbons (Fsp3) is 0.696. The molecule has 1 saturated carbocycles. The molecule has 30 heavy (non-hydrogen) atoms. The smallest absolute Gasteiger partial charge is 0.249 e. The van der Waals surface area contributed by atoms with Gasteiger partial charge in [0.05, 0.1) is 18.2 Å². The second-order valence-electron chi connectivity index (χ2n) is 10.2. The van der Waals surface area contributed by atoms with Crippen molar-refractivity contribution in [2.24, 2.45) is 11.8 Å². The first kappa shape index (κ1) is 22.9. The molecule has 1 aromatic heterocycles. The van der Waals surface area contributed by atoms with Crippen molar-refractivity contribution in [2.45, 2.75) is 77.0 Å². The maximum Gasteiger partial charge on any atom is 0.249 e. The van der Waals surface area contributed by atoms with Gasteiger partial charge in [-0.25, -0.2) is 5.06 Å². The number of hydroxylamine groups is 2. The Balaban J connectivity index is 1.55. The second-order valence-corrected chi connectivity index (χ2v) is 15.0. The molecule has 0 bridgehead atoms. The zero-order chi connectivity index (χ0) is 21.9. The van der Waals surface area contributed by atoms with Crippen LogP contribution in [-0.4, -0.2) is 37.5 Å². The number of carbonyl (C=O) groups excluding carboxylic acids is 1. The third-order valence-corrected chi connectivity index (χ3v) is 11.6. The molecule has 2 heterocycles. The lowest BCUT2D eigenvalue weighted by Gasteiger charge is -2.38. The third kappa shape index (κ3) is 5.10. The van der Waals surface area contributed by atoms with Crippen LogP contribution in [0.4, 0.5) is 0 Å². The van der Waals surface area contributed by atoms with Crippen LogP contribution in [0.5, 0.6) is 0 Å². The highest BCUT2D eigenvalue weighted by Gasteiger charge is 2.40. The number of hydrogen-bond donors (Lipinski definition) is 0. The Kier molecular flexibility index (Phi) is 7.01. The fourth-order valence-electron chi connectivity index (χ4n) is 3.99. The van der Waals surface area contributed by atoms with Crippen molar-refractivity contribution >= 4 is 14.2 Å². The molecule has 1 amide bonds. The molecular formula is C23H35N3O3Si. The van der Waals surface area contributed by atoms with Crippen molar-refractivity contribution in [1.29, 1.82) is 5.26 Å². The molecule has 2 aliphatic rings. The van der Waals surface area contributed by atoms with Crippen LogP contribution >= 0.6 is 0 Å². The molecular weight excluding hydrogens is 394 g/mol. The van der Waals surface area contributed by atoms with Gasteiger partial charge in [-0.1, -0.05) is 20.8 Å². The van der Waals surface area contributed by atoms with Crippen LogP contribution in [0.1, 0.15) is 70.0 Å². The summed E-state index contributed by atoms with van der Waals surface area (Å²) in [5.41, 5.74) is 1.38. The van der Waals surface area contributed by atoms with Gasteiger partial charge in [0.1, 0.15) is 6.07 Å². The van der Waals surface area contributed by atoms with Crippen LogP contribution < -0.4 is 0 Å². The van der Waals surface area contributed by atoms with E-state index in [-0.39, 0.29) is 22.9 Å². The van der Waals surface area contributed by atoms with Gasteiger partial charge in [0.25, 0.3) is 0 Å². The third-order valence-electron chi connectivity index (χ3n) is 7.08. The standard InChI is InChI=1S/C23H35N3O3Si/c1-23(2,3)30(4,5)29-16-17-6-8-19(9-7-17)22(27)26-21(10-11-28-26)20-12-18(13-24)14-25-15-20/h12,14-15,17,19,21H,6-11,16H2,1-5H3/t17?,19?,21-/m0/s1. The van der Waals surface area contributed by atoms with Gasteiger partial charge in [-0.05, 0) is 61.4 Å². The maximum absolute atomic E-state index is 13.2. The van der Waals surface area contributed by atoms with E-state index < -0.39 is 8.32 Å². The van der Waals surface area contributed by atoms with Crippen LogP contribution in [0.15, 0.2) is 18.5 Å². The van der Waals surface area contributed by atoms with Crippen molar-refractivity contribution in [1.82, 2.24) is 10.0 Å². The quantitative estimate of drug-likeness (QED) is 0.617. The summed E-state index contributed by atoms with van der Waals surface area (Å²) in [6.45, 7) is 12.7. The van der Waals surface area contributed by atoms with Gasteiger partial charge >= 0.3 is 0 Å². The summed E-state index contributed by atoms with van der Waals surface area (Å²) in [7, 11) is -1.73. The van der Waals surface area contributed by atoms with Crippen LogP contribution in [0.2, 0.25) is 18.1 Å². The number of carbonyl (C=O) groups is 1. The highest BCUT2D eigenvalue weighted by atomic mass is 28.4. The first-order valence-corrected chi connectivity index (χ1v) is 14.0. The molecule has 0 N–H and O–H groups in total. The minimum Gasteiger partial charge on any atom is -0.417 e. The summed E-state index contributed by atoms with van der Waals surface area (Å²) < 4.78 is 6.41. The number of hydrogen-bond acceptors (Lipinski definition) is 5. The van der Waals surface area contributed by atoms with Crippen molar-refractivity contribution < 1.29 is 14.1 Å². The number of pyridine rings is 1. The number of amides is 1. The van der Waals surface area contributed by atoms with Gasteiger partial charge in [-0.15, -0.1) is 0 Å². The maximum atomic E-state index is 13.2. The van der Waals surface area contributed by atoms with Gasteiger partial charge in [-0.3, -0.25) is 14.6 Å². The minimum atomic E-state index is -1.73. The highest BCUT2D eigenvalue weighted by Crippen LogP contribution is 2.39. The van der Waals surface area contributed by atoms with E-state index in [9.17, 15) is 4.79 Å². The van der Waals surface area contributed by atoms with E-state index in [4.69, 9.17) is 14.5 Å². The minimum absolute atomic E-state index is 0.00169. The predicted octanol–water partition coefficient (Wildman–Crippen LogP) is 4.99. The highest BCUT2D eigenvalue weighted by molar-refractivity contribution is 6.74. The summed E-state index contributed by atoms with van der Waals surface area (Å²) in [6.07, 6.45) is 7.82. The Bertz CT molecular complexity index is 792. The van der Waals surface area contributed by atoms with Crippen LogP contribution in [0.3, 0.4) is 0 Å². The van der Waals surface area contributed by atoms with E-state index in [1.165, 1.54) is 0 Å². The number of nitrogens with zero attached hydrogens (tertiary/aromatic N) is 3. The largest absolute Gasteiger partial charge is 0.417 e. The van der Waals surface area contributed by atoms with Crippen molar-refractivity contribution in [2.75, 3.05) is 13.2 Å². The van der Waals surface area contributed by atoms with Crippen LogP contribution in [0, 0.1) is 23.2 Å². The van der Waals surface area contributed by atoms with E-state index in [0.29, 0.717) is 18.1 Å². The van der Waals surface area contributed by atoms with Gasteiger partial charge in [0.2, 0.25) is 5.91 Å². The van der Waals surface area contributed by atoms with Gasteiger partial charge in [-0.2, -0.15) is 5.26 Å². The lowest BCUT2D eigenvalue weighted by atomic mass is 9.81. The molecule has 7 heteroatoms. The van der Waals surface area contributed by atoms with E-state index >= 15 is 0 Å². The summed E-state index contributed by atoms with van der Waals surface area (Å²) in [4.78, 5) is 23.1. The Morgan fingerprint density at radius 1 is 1.27 bits per heavy atom. The molecule has 1 aromatic rings. The number of nitriles is 1. The zero-order valence-electron chi connectivity index (χ0n) is 19.0. The van der Waals surface area contributed by atoms with Crippen molar-refractivity contribution in [3.63, 3.8) is 0 Å². The average Bonchev–Trinajstić information content (AvgIpc) is 3.21. The van der Waals surface area contributed by atoms with Gasteiger partial charge in [0, 0.05) is 31.3 Å². The molecule has 6 nitrogen and oxygen atoms in total. The Hall–Kier alpha value is -1.75. The molecule has 2 fully saturated rings. The lowest BCUT2D eigenvalue weighted by Crippen LogP contribution is -2.42. The molecule has 1 aliphatic heterocycles. The summed E-state index contributed by atoms with van der Waals surface area (Å²) >= 11 is 0. The average molecular weight is 430 g/mol. The van der Waals surface area contributed by atoms with Gasteiger partial charge in [0.15, 0.2) is 8.32 Å². The molecule has 1 atom stereocenters. The zero-order valence-corrected chi connectivity index (χ0v) is 20.0. The SMILES string of the molecule is CC(C)(C)[Si](C)(C)OCC1CCC(C(=O)N2OCC[C@H]2c2cncc(C#N)c2)CC1. The topological polar surface area (TPSA) is 75.4 Å². The number of aromatic nitrogens is 1. The fourth-order valence-corrected chi connectivity index (χ4v) is 5.07. The predicted molar refractivity (Wildman–Crippen MR) is 118 cm³/mol. The van der Waals surface area contributed by atoms with E-state index in [1.807, 2.05) is 6.07 Å². The molecule has 0 aromatic carbocycles. The first-order valence-electron chi connectivity index (χ1n) is 11.1. The Morgan fingerprint density at radius 2 is 1.97 bits per heavy atom. The second kappa shape index (κ2) is 9.17. The van der Waals surface area contributed by atoms with E-state index in [0.717, 1.165) is 44.3 Å². The summed E-state index contributed by atoms with van der Waals surface area (Å²) in [5.74, 6) is 0.612. The van der Waals surface area contributed by atoms with Crippen LogP contribution in [-0.2, 0) is 14.1 Å². The molecule has 0 unspecified atom stereocenters. The van der Waals surface area contributed by atoms with Crippen molar-refractivity contribution in [3.8, 4) is 6.07 Å². The van der Waals surface area contributed by atoms with E-state index in [2.05, 4.69) is 44.9 Å². The summed E-state index contributed by atoms with van der Waals surface area (Å²) in [6, 6.07) is 3.77. The molecule has 0 spiro atoms. The summed E-state index contributed by atoms with van der Waals surface area (Å²) in [5, 5.41) is 10.9. The van der Waals surface area contributed by atoms with Gasteiger partial charge < -0.3 is 4.43 Å². The monoisotopic (exact) mass is 429 g/mol. The number of rotatable bonds is 5. The van der Waals surface area contributed by atoms with Crippen LogP contribution in [0.25, 0.3) is 0 Å². The molecule has 1 saturated heterocycles. The molecule has 3 rings (SSSR count). The Labute approximate surface area is 181 Å². The molecule has 0 radical (unpaired) electrons. The molecule has 164 valence electrons. The molecule has 1 aliphatic carbocycles. The van der Waals surface area contributed by atoms with Crippen molar-refractivity contribution in [3.05, 3.63) is 29.6 Å². The Morgan fingerprint density at radius 3 is 2.60 bits per heavy atom. The lowest BCUT2D eigenvalue weighted by molar-refractivity contribution is -0.183. The van der Waals surface area contributed by atoms with E-state index in [1.54, 1.807) is 17.5 Å². The first-order chi connectivity index (χ1) is 14.1. The normalized spacial score (nSPS) is 25.2.